The SMILES string of the molecule is CC.CCc1cnn(Cc2ccccc2F)c1C.N. The Morgan fingerprint density at radius 1 is 1.16 bits per heavy atom. The Labute approximate surface area is 115 Å². The molecule has 0 radical (unpaired) electrons. The molecule has 0 saturated carbocycles. The Balaban J connectivity index is 0.00000103. The van der Waals surface area contributed by atoms with E-state index in [9.17, 15) is 4.39 Å². The summed E-state index contributed by atoms with van der Waals surface area (Å²) in [5, 5.41) is 4.27. The third-order valence-corrected chi connectivity index (χ3v) is 2.86. The maximum absolute atomic E-state index is 13.5. The van der Waals surface area contributed by atoms with Gasteiger partial charge in [0.1, 0.15) is 5.82 Å². The van der Waals surface area contributed by atoms with Gasteiger partial charge < -0.3 is 6.15 Å². The number of benzene rings is 1. The smallest absolute Gasteiger partial charge is 0.128 e. The summed E-state index contributed by atoms with van der Waals surface area (Å²) in [6, 6.07) is 6.82. The maximum atomic E-state index is 13.5. The standard InChI is InChI=1S/C13H15FN2.C2H6.H3N/c1-3-11-8-15-16(10(11)2)9-12-6-4-5-7-13(12)14;1-2;/h4-8H,3,9H2,1-2H3;1-2H3;1H3. The van der Waals surface area contributed by atoms with Gasteiger partial charge in [-0.25, -0.2) is 4.39 Å². The molecule has 0 saturated heterocycles. The Morgan fingerprint density at radius 3 is 2.32 bits per heavy atom. The fourth-order valence-corrected chi connectivity index (χ4v) is 1.78. The highest BCUT2D eigenvalue weighted by atomic mass is 19.1. The summed E-state index contributed by atoms with van der Waals surface area (Å²) in [5.41, 5.74) is 3.01. The van der Waals surface area contributed by atoms with Crippen molar-refractivity contribution in [2.24, 2.45) is 0 Å². The topological polar surface area (TPSA) is 52.8 Å². The van der Waals surface area contributed by atoms with E-state index >= 15 is 0 Å². The van der Waals surface area contributed by atoms with Gasteiger partial charge in [-0.3, -0.25) is 4.68 Å². The van der Waals surface area contributed by atoms with Gasteiger partial charge in [0.05, 0.1) is 12.7 Å². The van der Waals surface area contributed by atoms with E-state index in [1.807, 2.05) is 37.7 Å². The number of aryl methyl sites for hydroxylation is 1. The maximum Gasteiger partial charge on any atom is 0.128 e. The van der Waals surface area contributed by atoms with Crippen LogP contribution in [0.15, 0.2) is 30.5 Å². The lowest BCUT2D eigenvalue weighted by atomic mass is 10.2. The van der Waals surface area contributed by atoms with Crippen LogP contribution in [0.1, 0.15) is 37.6 Å². The molecular formula is C15H24FN3. The normalized spacial score (nSPS) is 9.32. The van der Waals surface area contributed by atoms with Crippen LogP contribution < -0.4 is 6.15 Å². The summed E-state index contributed by atoms with van der Waals surface area (Å²) in [5.74, 6) is -0.171. The molecular weight excluding hydrogens is 241 g/mol. The number of rotatable bonds is 3. The van der Waals surface area contributed by atoms with Gasteiger partial charge in [0.25, 0.3) is 0 Å². The quantitative estimate of drug-likeness (QED) is 0.907. The fraction of sp³-hybridized carbons (Fsp3) is 0.400. The van der Waals surface area contributed by atoms with E-state index in [1.165, 1.54) is 11.6 Å². The number of hydrogen-bond donors (Lipinski definition) is 1. The average Bonchev–Trinajstić information content (AvgIpc) is 2.76. The van der Waals surface area contributed by atoms with E-state index in [0.29, 0.717) is 12.1 Å². The number of aromatic nitrogens is 2. The highest BCUT2D eigenvalue weighted by Gasteiger charge is 2.07. The molecule has 0 bridgehead atoms. The summed E-state index contributed by atoms with van der Waals surface area (Å²) >= 11 is 0. The second kappa shape index (κ2) is 8.43. The monoisotopic (exact) mass is 265 g/mol. The van der Waals surface area contributed by atoms with Crippen molar-refractivity contribution in [3.63, 3.8) is 0 Å². The zero-order valence-electron chi connectivity index (χ0n) is 12.3. The van der Waals surface area contributed by atoms with Crippen molar-refractivity contribution < 1.29 is 4.39 Å². The lowest BCUT2D eigenvalue weighted by Gasteiger charge is -2.06. The summed E-state index contributed by atoms with van der Waals surface area (Å²) in [6.07, 6.45) is 2.82. The molecule has 0 fully saturated rings. The minimum Gasteiger partial charge on any atom is -0.344 e. The van der Waals surface area contributed by atoms with Gasteiger partial charge in [0.2, 0.25) is 0 Å². The van der Waals surface area contributed by atoms with Crippen molar-refractivity contribution in [3.05, 3.63) is 53.1 Å². The molecule has 3 nitrogen and oxygen atoms in total. The summed E-state index contributed by atoms with van der Waals surface area (Å²) in [7, 11) is 0. The Hall–Kier alpha value is -1.68. The Bertz CT molecular complexity index is 492. The van der Waals surface area contributed by atoms with Gasteiger partial charge in [0.15, 0.2) is 0 Å². The molecule has 19 heavy (non-hydrogen) atoms. The van der Waals surface area contributed by atoms with E-state index in [2.05, 4.69) is 12.0 Å². The van der Waals surface area contributed by atoms with E-state index in [0.717, 1.165) is 12.1 Å². The fourth-order valence-electron chi connectivity index (χ4n) is 1.78. The van der Waals surface area contributed by atoms with Crippen molar-refractivity contribution >= 4 is 0 Å². The lowest BCUT2D eigenvalue weighted by Crippen LogP contribution is -2.05. The third-order valence-electron chi connectivity index (χ3n) is 2.86. The molecule has 0 amide bonds. The molecule has 4 heteroatoms. The van der Waals surface area contributed by atoms with E-state index in [4.69, 9.17) is 0 Å². The van der Waals surface area contributed by atoms with Crippen LogP contribution >= 0.6 is 0 Å². The molecule has 0 unspecified atom stereocenters. The zero-order valence-corrected chi connectivity index (χ0v) is 12.3. The summed E-state index contributed by atoms with van der Waals surface area (Å²) < 4.78 is 15.3. The first kappa shape index (κ1) is 17.3. The van der Waals surface area contributed by atoms with E-state index < -0.39 is 0 Å². The molecule has 0 aliphatic carbocycles. The number of hydrogen-bond acceptors (Lipinski definition) is 2. The molecule has 1 aromatic carbocycles. The van der Waals surface area contributed by atoms with Crippen molar-refractivity contribution in [2.75, 3.05) is 0 Å². The van der Waals surface area contributed by atoms with Gasteiger partial charge in [0, 0.05) is 11.3 Å². The van der Waals surface area contributed by atoms with E-state index in [-0.39, 0.29) is 12.0 Å². The van der Waals surface area contributed by atoms with Gasteiger partial charge in [-0.2, -0.15) is 5.10 Å². The average molecular weight is 265 g/mol. The summed E-state index contributed by atoms with van der Waals surface area (Å²) in [4.78, 5) is 0. The van der Waals surface area contributed by atoms with Gasteiger partial charge in [-0.1, -0.05) is 39.0 Å². The van der Waals surface area contributed by atoms with Crippen LogP contribution in [0.5, 0.6) is 0 Å². The van der Waals surface area contributed by atoms with Crippen LogP contribution in [0, 0.1) is 12.7 Å². The molecule has 0 spiro atoms. The molecule has 3 N–H and O–H groups in total. The summed E-state index contributed by atoms with van der Waals surface area (Å²) in [6.45, 7) is 8.61. The molecule has 0 atom stereocenters. The van der Waals surface area contributed by atoms with Crippen LogP contribution in [-0.4, -0.2) is 9.78 Å². The second-order valence-electron chi connectivity index (χ2n) is 3.86. The van der Waals surface area contributed by atoms with E-state index in [1.54, 1.807) is 12.1 Å². The van der Waals surface area contributed by atoms with Crippen LogP contribution in [0.4, 0.5) is 4.39 Å². The van der Waals surface area contributed by atoms with Crippen LogP contribution in [0.25, 0.3) is 0 Å². The third kappa shape index (κ3) is 4.17. The van der Waals surface area contributed by atoms with Crippen molar-refractivity contribution in [1.82, 2.24) is 15.9 Å². The largest absolute Gasteiger partial charge is 0.344 e. The Kier molecular flexibility index (Phi) is 7.68. The molecule has 1 aromatic heterocycles. The van der Waals surface area contributed by atoms with Crippen LogP contribution in [0.3, 0.4) is 0 Å². The first-order valence-electron chi connectivity index (χ1n) is 6.47. The van der Waals surface area contributed by atoms with Crippen molar-refractivity contribution in [2.45, 2.75) is 40.7 Å². The first-order valence-corrected chi connectivity index (χ1v) is 6.47. The predicted molar refractivity (Wildman–Crippen MR) is 78.2 cm³/mol. The molecule has 2 rings (SSSR count). The minimum absolute atomic E-state index is 0. The van der Waals surface area contributed by atoms with Crippen LogP contribution in [0.2, 0.25) is 0 Å². The molecule has 0 aliphatic rings. The predicted octanol–water partition coefficient (Wildman–Crippen LogP) is 4.13. The first-order chi connectivity index (χ1) is 8.72. The van der Waals surface area contributed by atoms with Crippen molar-refractivity contribution in [3.8, 4) is 0 Å². The Morgan fingerprint density at radius 2 is 1.79 bits per heavy atom. The number of nitrogens with zero attached hydrogens (tertiary/aromatic N) is 2. The van der Waals surface area contributed by atoms with Gasteiger partial charge in [-0.05, 0) is 25.0 Å². The molecule has 0 aliphatic heterocycles. The lowest BCUT2D eigenvalue weighted by molar-refractivity contribution is 0.580. The highest BCUT2D eigenvalue weighted by molar-refractivity contribution is 5.21. The zero-order chi connectivity index (χ0) is 13.5. The highest BCUT2D eigenvalue weighted by Crippen LogP contribution is 2.12. The number of halogens is 1. The minimum atomic E-state index is -0.171. The molecule has 106 valence electrons. The van der Waals surface area contributed by atoms with Crippen LogP contribution in [-0.2, 0) is 13.0 Å². The van der Waals surface area contributed by atoms with Gasteiger partial charge in [-0.15, -0.1) is 0 Å². The second-order valence-corrected chi connectivity index (χ2v) is 3.86. The van der Waals surface area contributed by atoms with Gasteiger partial charge >= 0.3 is 0 Å². The molecule has 1 heterocycles. The molecule has 2 aromatic rings. The van der Waals surface area contributed by atoms with Crippen molar-refractivity contribution in [1.29, 1.82) is 0 Å².